The fraction of sp³-hybridized carbons (Fsp3) is 0.909. The van der Waals surface area contributed by atoms with Crippen molar-refractivity contribution in [1.82, 2.24) is 10.6 Å². The Bertz CT molecular complexity index is 215. The first-order valence-corrected chi connectivity index (χ1v) is 5.72. The van der Waals surface area contributed by atoms with E-state index in [1.54, 1.807) is 0 Å². The average Bonchev–Trinajstić information content (AvgIpc) is 2.89. The number of nitrogens with one attached hydrogen (secondary N) is 1. The normalized spacial score (nSPS) is 25.6. The summed E-state index contributed by atoms with van der Waals surface area (Å²) in [5.41, 5.74) is 7.31. The van der Waals surface area contributed by atoms with Crippen LogP contribution in [0.5, 0.6) is 0 Å². The van der Waals surface area contributed by atoms with Crippen molar-refractivity contribution in [2.75, 3.05) is 19.6 Å². The van der Waals surface area contributed by atoms with E-state index in [0.29, 0.717) is 6.54 Å². The molecule has 0 atom stereocenters. The number of carbonyl (C=O) groups is 1. The third kappa shape index (κ3) is 1.54. The molecule has 3 nitrogen and oxygen atoms in total. The highest BCUT2D eigenvalue weighted by atomic mass is 16.2. The molecule has 1 saturated heterocycles. The fourth-order valence-electron chi connectivity index (χ4n) is 2.77. The minimum Gasteiger partial charge on any atom is -0.342 e. The molecule has 1 heterocycles. The lowest BCUT2D eigenvalue weighted by atomic mass is 9.85. The molecule has 1 amide bonds. The number of amides is 1. The lowest BCUT2D eigenvalue weighted by molar-refractivity contribution is -0.140. The molecule has 0 unspecified atom stereocenters. The highest BCUT2D eigenvalue weighted by Gasteiger charge is 2.42. The molecule has 1 saturated carbocycles. The van der Waals surface area contributed by atoms with Gasteiger partial charge in [-0.05, 0) is 25.7 Å². The first-order chi connectivity index (χ1) is 6.78. The van der Waals surface area contributed by atoms with Crippen LogP contribution in [-0.2, 0) is 4.79 Å². The highest BCUT2D eigenvalue weighted by Crippen LogP contribution is 2.39. The van der Waals surface area contributed by atoms with Gasteiger partial charge in [0.25, 0.3) is 0 Å². The van der Waals surface area contributed by atoms with Gasteiger partial charge in [-0.25, -0.2) is 0 Å². The second kappa shape index (κ2) is 3.89. The van der Waals surface area contributed by atoms with Crippen LogP contribution in [0.3, 0.4) is 0 Å². The zero-order valence-corrected chi connectivity index (χ0v) is 8.72. The Morgan fingerprint density at radius 2 is 1.71 bits per heavy atom. The van der Waals surface area contributed by atoms with E-state index in [1.807, 2.05) is 4.90 Å². The van der Waals surface area contributed by atoms with Gasteiger partial charge in [0.2, 0.25) is 5.91 Å². The summed E-state index contributed by atoms with van der Waals surface area (Å²) >= 11 is 0. The molecule has 3 heteroatoms. The van der Waals surface area contributed by atoms with E-state index >= 15 is 0 Å². The third-order valence-corrected chi connectivity index (χ3v) is 3.75. The van der Waals surface area contributed by atoms with Crippen LogP contribution in [0.4, 0.5) is 0 Å². The lowest BCUT2D eigenvalue weighted by Crippen LogP contribution is -2.43. The van der Waals surface area contributed by atoms with E-state index in [9.17, 15) is 4.79 Å². The Balaban J connectivity index is 2.06. The zero-order chi connectivity index (χ0) is 10.0. The van der Waals surface area contributed by atoms with Gasteiger partial charge in [0.1, 0.15) is 0 Å². The van der Waals surface area contributed by atoms with Crippen LogP contribution in [0.2, 0.25) is 0 Å². The van der Waals surface area contributed by atoms with Crippen molar-refractivity contribution in [2.45, 2.75) is 38.5 Å². The molecule has 0 spiro atoms. The molecule has 0 bridgehead atoms. The van der Waals surface area contributed by atoms with Gasteiger partial charge >= 0.3 is 0 Å². The van der Waals surface area contributed by atoms with Crippen molar-refractivity contribution < 1.29 is 4.79 Å². The number of likely N-dealkylation sites (tertiary alicyclic amines) is 1. The van der Waals surface area contributed by atoms with Crippen molar-refractivity contribution in [3.8, 4) is 0 Å². The predicted molar refractivity (Wildman–Crippen MR) is 54.7 cm³/mol. The minimum absolute atomic E-state index is 0.280. The van der Waals surface area contributed by atoms with Crippen molar-refractivity contribution in [2.24, 2.45) is 5.41 Å². The van der Waals surface area contributed by atoms with Crippen LogP contribution in [-0.4, -0.2) is 30.4 Å². The minimum atomic E-state index is -0.287. The van der Waals surface area contributed by atoms with Gasteiger partial charge in [-0.2, -0.15) is 0 Å². The smallest absolute Gasteiger partial charge is 0.230 e. The maximum Gasteiger partial charge on any atom is 0.230 e. The second-order valence-corrected chi connectivity index (χ2v) is 4.66. The highest BCUT2D eigenvalue weighted by molar-refractivity contribution is 5.83. The van der Waals surface area contributed by atoms with Crippen LogP contribution < -0.4 is 5.73 Å². The van der Waals surface area contributed by atoms with Gasteiger partial charge in [-0.1, -0.05) is 12.8 Å². The quantitative estimate of drug-likeness (QED) is 0.657. The molecule has 2 aliphatic rings. The van der Waals surface area contributed by atoms with E-state index in [-0.39, 0.29) is 11.3 Å². The molecular formula is C11H19N2O. The topological polar surface area (TPSA) is 44.1 Å². The molecule has 1 N–H and O–H groups in total. The van der Waals surface area contributed by atoms with Crippen molar-refractivity contribution in [1.29, 1.82) is 0 Å². The van der Waals surface area contributed by atoms with E-state index in [4.69, 9.17) is 5.73 Å². The van der Waals surface area contributed by atoms with E-state index in [2.05, 4.69) is 0 Å². The molecule has 79 valence electrons. The van der Waals surface area contributed by atoms with E-state index in [0.717, 1.165) is 51.6 Å². The molecule has 0 aromatic heterocycles. The Morgan fingerprint density at radius 1 is 1.14 bits per heavy atom. The van der Waals surface area contributed by atoms with E-state index < -0.39 is 0 Å². The summed E-state index contributed by atoms with van der Waals surface area (Å²) in [4.78, 5) is 14.2. The zero-order valence-electron chi connectivity index (χ0n) is 8.72. The summed E-state index contributed by atoms with van der Waals surface area (Å²) in [5, 5.41) is 0. The molecular weight excluding hydrogens is 176 g/mol. The summed E-state index contributed by atoms with van der Waals surface area (Å²) in [7, 11) is 0. The Kier molecular flexibility index (Phi) is 2.77. The number of carbonyl (C=O) groups excluding carboxylic acids is 1. The number of nitrogens with zero attached hydrogens (tertiary/aromatic N) is 1. The summed E-state index contributed by atoms with van der Waals surface area (Å²) in [5.74, 6) is 0.280. The molecule has 0 aromatic rings. The summed E-state index contributed by atoms with van der Waals surface area (Å²) < 4.78 is 0. The molecule has 1 aliphatic heterocycles. The Labute approximate surface area is 85.6 Å². The van der Waals surface area contributed by atoms with Crippen LogP contribution in [0, 0.1) is 5.41 Å². The van der Waals surface area contributed by atoms with Crippen molar-refractivity contribution in [3.63, 3.8) is 0 Å². The molecule has 2 rings (SSSR count). The molecule has 14 heavy (non-hydrogen) atoms. The van der Waals surface area contributed by atoms with E-state index in [1.165, 1.54) is 0 Å². The van der Waals surface area contributed by atoms with Crippen molar-refractivity contribution >= 4 is 5.91 Å². The Hall–Kier alpha value is -0.570. The van der Waals surface area contributed by atoms with Crippen LogP contribution >= 0.6 is 0 Å². The molecule has 0 aromatic carbocycles. The summed E-state index contributed by atoms with van der Waals surface area (Å²) in [6.07, 6.45) is 6.48. The van der Waals surface area contributed by atoms with Crippen LogP contribution in [0.1, 0.15) is 38.5 Å². The van der Waals surface area contributed by atoms with Gasteiger partial charge in [-0.3, -0.25) is 10.5 Å². The number of hydrogen-bond donors (Lipinski definition) is 0. The van der Waals surface area contributed by atoms with Gasteiger partial charge in [0, 0.05) is 19.6 Å². The predicted octanol–water partition coefficient (Wildman–Crippen LogP) is 1.45. The monoisotopic (exact) mass is 195 g/mol. The maximum atomic E-state index is 12.2. The standard InChI is InChI=1S/C11H19N2O/c12-9-11(5-1-2-6-11)10(14)13-7-3-4-8-13/h12H,1-9H2. The number of hydrogen-bond acceptors (Lipinski definition) is 1. The SMILES string of the molecule is [NH]CC1(C(=O)N2CCCC2)CCCC1. The van der Waals surface area contributed by atoms with Gasteiger partial charge in [-0.15, -0.1) is 0 Å². The molecule has 1 radical (unpaired) electrons. The summed E-state index contributed by atoms with van der Waals surface area (Å²) in [6, 6.07) is 0. The Morgan fingerprint density at radius 3 is 2.21 bits per heavy atom. The first kappa shape index (κ1) is 9.97. The lowest BCUT2D eigenvalue weighted by Gasteiger charge is -2.30. The fourth-order valence-corrected chi connectivity index (χ4v) is 2.77. The molecule has 2 fully saturated rings. The largest absolute Gasteiger partial charge is 0.342 e. The maximum absolute atomic E-state index is 12.2. The van der Waals surface area contributed by atoms with Gasteiger partial charge in [0.15, 0.2) is 0 Å². The third-order valence-electron chi connectivity index (χ3n) is 3.75. The molecule has 1 aliphatic carbocycles. The summed E-state index contributed by atoms with van der Waals surface area (Å²) in [6.45, 7) is 2.16. The second-order valence-electron chi connectivity index (χ2n) is 4.66. The first-order valence-electron chi connectivity index (χ1n) is 5.72. The average molecular weight is 195 g/mol. The van der Waals surface area contributed by atoms with Crippen LogP contribution in [0.25, 0.3) is 0 Å². The number of rotatable bonds is 2. The van der Waals surface area contributed by atoms with Crippen LogP contribution in [0.15, 0.2) is 0 Å². The van der Waals surface area contributed by atoms with Gasteiger partial charge in [0.05, 0.1) is 5.41 Å². The van der Waals surface area contributed by atoms with Gasteiger partial charge < -0.3 is 4.90 Å². The van der Waals surface area contributed by atoms with Crippen molar-refractivity contribution in [3.05, 3.63) is 0 Å².